The maximum absolute atomic E-state index is 4.73. The number of aromatic amines is 1. The van der Waals surface area contributed by atoms with E-state index in [0.717, 1.165) is 42.4 Å². The number of para-hydroxylation sites is 1. The van der Waals surface area contributed by atoms with Crippen molar-refractivity contribution in [2.24, 2.45) is 0 Å². The molecule has 2 aromatic heterocycles. The van der Waals surface area contributed by atoms with Gasteiger partial charge in [0.05, 0.1) is 10.2 Å². The minimum Gasteiger partial charge on any atom is -0.347 e. The van der Waals surface area contributed by atoms with Crippen LogP contribution in [0.4, 0.5) is 5.13 Å². The average molecular weight is 286 g/mol. The lowest BCUT2D eigenvalue weighted by Gasteiger charge is -2.30. The zero-order chi connectivity index (χ0) is 13.4. The van der Waals surface area contributed by atoms with E-state index in [0.29, 0.717) is 5.92 Å². The Morgan fingerprint density at radius 3 is 3.10 bits per heavy atom. The molecule has 0 aliphatic carbocycles. The van der Waals surface area contributed by atoms with Crippen molar-refractivity contribution in [1.29, 1.82) is 0 Å². The van der Waals surface area contributed by atoms with Crippen molar-refractivity contribution in [3.05, 3.63) is 30.1 Å². The van der Waals surface area contributed by atoms with E-state index in [1.165, 1.54) is 4.70 Å². The Labute approximate surface area is 119 Å². The molecule has 1 aliphatic heterocycles. The van der Waals surface area contributed by atoms with E-state index in [-0.39, 0.29) is 0 Å². The predicted octanol–water partition coefficient (Wildman–Crippen LogP) is 2.19. The quantitative estimate of drug-likeness (QED) is 0.782. The number of rotatable bonds is 2. The highest BCUT2D eigenvalue weighted by molar-refractivity contribution is 7.22. The largest absolute Gasteiger partial charge is 0.347 e. The van der Waals surface area contributed by atoms with Gasteiger partial charge in [0.1, 0.15) is 0 Å². The number of thiazole rings is 1. The van der Waals surface area contributed by atoms with Gasteiger partial charge in [-0.05, 0) is 25.0 Å². The van der Waals surface area contributed by atoms with Crippen LogP contribution in [0.2, 0.25) is 0 Å². The summed E-state index contributed by atoms with van der Waals surface area (Å²) in [7, 11) is 0. The third kappa shape index (κ3) is 2.03. The van der Waals surface area contributed by atoms with Crippen molar-refractivity contribution >= 4 is 26.7 Å². The third-order valence-corrected chi connectivity index (χ3v) is 4.80. The Hall–Kier alpha value is -2.02. The van der Waals surface area contributed by atoms with Gasteiger partial charge in [0.15, 0.2) is 11.0 Å². The molecular weight excluding hydrogens is 272 g/mol. The maximum Gasteiger partial charge on any atom is 0.186 e. The summed E-state index contributed by atoms with van der Waals surface area (Å²) in [5, 5.41) is 15.5. The van der Waals surface area contributed by atoms with E-state index in [4.69, 9.17) is 4.98 Å². The molecule has 1 fully saturated rings. The van der Waals surface area contributed by atoms with E-state index in [2.05, 4.69) is 43.7 Å². The second-order valence-corrected chi connectivity index (χ2v) is 6.03. The van der Waals surface area contributed by atoms with E-state index in [1.807, 2.05) is 6.07 Å². The number of hydrogen-bond acceptors (Lipinski definition) is 6. The molecule has 102 valence electrons. The number of fused-ring (bicyclic) bond motifs is 1. The monoisotopic (exact) mass is 286 g/mol. The smallest absolute Gasteiger partial charge is 0.186 e. The van der Waals surface area contributed by atoms with Gasteiger partial charge in [0.2, 0.25) is 0 Å². The lowest BCUT2D eigenvalue weighted by atomic mass is 9.98. The van der Waals surface area contributed by atoms with Crippen LogP contribution in [0.1, 0.15) is 24.6 Å². The number of H-pyrrole nitrogens is 1. The molecule has 1 atom stereocenters. The number of piperidine rings is 1. The van der Waals surface area contributed by atoms with Crippen molar-refractivity contribution in [2.75, 3.05) is 18.0 Å². The molecule has 0 unspecified atom stereocenters. The van der Waals surface area contributed by atoms with Crippen LogP contribution >= 0.6 is 11.3 Å². The fraction of sp³-hybridized carbons (Fsp3) is 0.385. The summed E-state index contributed by atoms with van der Waals surface area (Å²) in [6.07, 6.45) is 2.25. The van der Waals surface area contributed by atoms with Crippen molar-refractivity contribution in [3.8, 4) is 0 Å². The third-order valence-electron chi connectivity index (χ3n) is 3.70. The zero-order valence-electron chi connectivity index (χ0n) is 10.9. The molecule has 7 heteroatoms. The van der Waals surface area contributed by atoms with Crippen molar-refractivity contribution in [2.45, 2.75) is 18.8 Å². The number of benzene rings is 1. The summed E-state index contributed by atoms with van der Waals surface area (Å²) in [4.78, 5) is 7.07. The van der Waals surface area contributed by atoms with Crippen LogP contribution in [0.5, 0.6) is 0 Å². The van der Waals surface area contributed by atoms with Crippen molar-refractivity contribution < 1.29 is 0 Å². The maximum atomic E-state index is 4.73. The lowest BCUT2D eigenvalue weighted by Crippen LogP contribution is -2.34. The molecule has 0 radical (unpaired) electrons. The molecular formula is C13H14N6S. The Morgan fingerprint density at radius 2 is 2.25 bits per heavy atom. The lowest BCUT2D eigenvalue weighted by molar-refractivity contribution is 0.491. The second kappa shape index (κ2) is 4.82. The van der Waals surface area contributed by atoms with Crippen LogP contribution in [-0.2, 0) is 0 Å². The number of aromatic nitrogens is 5. The van der Waals surface area contributed by atoms with Crippen LogP contribution in [0, 0.1) is 0 Å². The van der Waals surface area contributed by atoms with Gasteiger partial charge in [-0.3, -0.25) is 0 Å². The fourth-order valence-corrected chi connectivity index (χ4v) is 3.70. The number of tetrazole rings is 1. The zero-order valence-corrected chi connectivity index (χ0v) is 11.7. The molecule has 0 bridgehead atoms. The Bertz CT molecular complexity index is 674. The molecule has 20 heavy (non-hydrogen) atoms. The van der Waals surface area contributed by atoms with Gasteiger partial charge >= 0.3 is 0 Å². The van der Waals surface area contributed by atoms with E-state index in [1.54, 1.807) is 11.3 Å². The van der Waals surface area contributed by atoms with Gasteiger partial charge in [0.25, 0.3) is 0 Å². The number of anilines is 1. The Morgan fingerprint density at radius 1 is 1.30 bits per heavy atom. The second-order valence-electron chi connectivity index (χ2n) is 5.02. The van der Waals surface area contributed by atoms with E-state index < -0.39 is 0 Å². The van der Waals surface area contributed by atoms with Crippen molar-refractivity contribution in [1.82, 2.24) is 25.6 Å². The highest BCUT2D eigenvalue weighted by atomic mass is 32.1. The normalized spacial score (nSPS) is 19.6. The first kappa shape index (κ1) is 11.8. The SMILES string of the molecule is c1ccc2sc(N3CCC[C@H](c4nn[nH]n4)C3)nc2c1. The van der Waals surface area contributed by atoms with Crippen LogP contribution < -0.4 is 4.90 Å². The highest BCUT2D eigenvalue weighted by Crippen LogP contribution is 2.33. The summed E-state index contributed by atoms with van der Waals surface area (Å²) in [6, 6.07) is 8.28. The number of nitrogens with one attached hydrogen (secondary N) is 1. The summed E-state index contributed by atoms with van der Waals surface area (Å²) in [6.45, 7) is 1.97. The minimum atomic E-state index is 0.342. The van der Waals surface area contributed by atoms with Crippen molar-refractivity contribution in [3.63, 3.8) is 0 Å². The van der Waals surface area contributed by atoms with E-state index >= 15 is 0 Å². The molecule has 0 amide bonds. The first-order chi connectivity index (χ1) is 9.90. The number of nitrogens with zero attached hydrogens (tertiary/aromatic N) is 5. The summed E-state index contributed by atoms with van der Waals surface area (Å²) >= 11 is 1.75. The molecule has 4 rings (SSSR count). The fourth-order valence-electron chi connectivity index (χ4n) is 2.70. The topological polar surface area (TPSA) is 70.6 Å². The molecule has 0 saturated carbocycles. The molecule has 3 heterocycles. The van der Waals surface area contributed by atoms with Crippen LogP contribution in [0.25, 0.3) is 10.2 Å². The molecule has 3 aromatic rings. The molecule has 1 aromatic carbocycles. The molecule has 0 spiro atoms. The van der Waals surface area contributed by atoms with Crippen LogP contribution in [0.3, 0.4) is 0 Å². The Balaban J connectivity index is 1.61. The van der Waals surface area contributed by atoms with Gasteiger partial charge in [0, 0.05) is 19.0 Å². The predicted molar refractivity (Wildman–Crippen MR) is 78.0 cm³/mol. The first-order valence-corrected chi connectivity index (χ1v) is 7.55. The summed E-state index contributed by atoms with van der Waals surface area (Å²) < 4.78 is 1.24. The Kier molecular flexibility index (Phi) is 2.84. The standard InChI is InChI=1S/C13H14N6S/c1-2-6-11-10(5-1)14-13(20-11)19-7-3-4-9(8-19)12-15-17-18-16-12/h1-2,5-6,9H,3-4,7-8H2,(H,15,16,17,18)/t9-/m0/s1. The summed E-state index contributed by atoms with van der Waals surface area (Å²) in [5.41, 5.74) is 1.08. The summed E-state index contributed by atoms with van der Waals surface area (Å²) in [5.74, 6) is 1.16. The molecule has 1 aliphatic rings. The van der Waals surface area contributed by atoms with Gasteiger partial charge in [-0.2, -0.15) is 5.21 Å². The molecule has 1 N–H and O–H groups in total. The molecule has 1 saturated heterocycles. The highest BCUT2D eigenvalue weighted by Gasteiger charge is 2.26. The van der Waals surface area contributed by atoms with E-state index in [9.17, 15) is 0 Å². The minimum absolute atomic E-state index is 0.342. The van der Waals surface area contributed by atoms with Crippen LogP contribution in [0.15, 0.2) is 24.3 Å². The first-order valence-electron chi connectivity index (χ1n) is 6.74. The van der Waals surface area contributed by atoms with Gasteiger partial charge in [-0.25, -0.2) is 4.98 Å². The van der Waals surface area contributed by atoms with Gasteiger partial charge in [-0.15, -0.1) is 10.2 Å². The average Bonchev–Trinajstić information content (AvgIpc) is 3.16. The van der Waals surface area contributed by atoms with Gasteiger partial charge < -0.3 is 4.90 Å². The van der Waals surface area contributed by atoms with Gasteiger partial charge in [-0.1, -0.05) is 28.7 Å². The number of hydrogen-bond donors (Lipinski definition) is 1. The van der Waals surface area contributed by atoms with Crippen LogP contribution in [-0.4, -0.2) is 38.7 Å². The molecule has 6 nitrogen and oxygen atoms in total.